The Kier molecular flexibility index (Phi) is 5.95. The quantitative estimate of drug-likeness (QED) is 0.326. The molecule has 0 radical (unpaired) electrons. The summed E-state index contributed by atoms with van der Waals surface area (Å²) in [5.41, 5.74) is 0. The number of carbonyl (C=O) groups excluding carboxylic acids is 3. The molecule has 0 heterocycles. The molecule has 7 heteroatoms. The molecule has 6 nitrogen and oxygen atoms in total. The van der Waals surface area contributed by atoms with Crippen molar-refractivity contribution in [2.75, 3.05) is 5.75 Å². The van der Waals surface area contributed by atoms with Crippen molar-refractivity contribution >= 4 is 30.5 Å². The molecule has 0 rings (SSSR count). The van der Waals surface area contributed by atoms with Gasteiger partial charge in [0.05, 0.1) is 0 Å². The normalized spacial score (nSPS) is 13.9. The SMILES string of the molecule is CC(=O)N[C@@H](CS)C(=O)OC(=O)C(C)O. The third-order valence-corrected chi connectivity index (χ3v) is 1.75. The summed E-state index contributed by atoms with van der Waals surface area (Å²) in [6.07, 6.45) is -1.38. The van der Waals surface area contributed by atoms with Gasteiger partial charge >= 0.3 is 11.9 Å². The number of rotatable bonds is 4. The largest absolute Gasteiger partial charge is 0.390 e. The van der Waals surface area contributed by atoms with Crippen molar-refractivity contribution in [3.8, 4) is 0 Å². The van der Waals surface area contributed by atoms with Gasteiger partial charge in [0, 0.05) is 12.7 Å². The molecule has 0 saturated heterocycles. The second-order valence-electron chi connectivity index (χ2n) is 2.85. The van der Waals surface area contributed by atoms with Crippen LogP contribution in [0.4, 0.5) is 0 Å². The van der Waals surface area contributed by atoms with E-state index in [2.05, 4.69) is 22.7 Å². The summed E-state index contributed by atoms with van der Waals surface area (Å²) < 4.78 is 4.27. The van der Waals surface area contributed by atoms with Gasteiger partial charge in [-0.05, 0) is 6.92 Å². The van der Waals surface area contributed by atoms with E-state index in [-0.39, 0.29) is 5.75 Å². The minimum atomic E-state index is -1.38. The number of aliphatic hydroxyl groups excluding tert-OH is 1. The van der Waals surface area contributed by atoms with Crippen LogP contribution in [-0.2, 0) is 19.1 Å². The molecule has 86 valence electrons. The Morgan fingerprint density at radius 1 is 1.40 bits per heavy atom. The maximum Gasteiger partial charge on any atom is 0.342 e. The Bertz CT molecular complexity index is 266. The molecule has 0 aromatic carbocycles. The van der Waals surface area contributed by atoms with Gasteiger partial charge in [-0.3, -0.25) is 4.79 Å². The number of thiol groups is 1. The molecular weight excluding hydrogens is 222 g/mol. The van der Waals surface area contributed by atoms with Crippen LogP contribution >= 0.6 is 12.6 Å². The lowest BCUT2D eigenvalue weighted by atomic mass is 10.3. The van der Waals surface area contributed by atoms with E-state index in [1.54, 1.807) is 0 Å². The van der Waals surface area contributed by atoms with Crippen LogP contribution in [0.5, 0.6) is 0 Å². The number of nitrogens with one attached hydrogen (secondary N) is 1. The van der Waals surface area contributed by atoms with Crippen LogP contribution in [0.2, 0.25) is 0 Å². The van der Waals surface area contributed by atoms with Crippen molar-refractivity contribution in [3.05, 3.63) is 0 Å². The summed E-state index contributed by atoms with van der Waals surface area (Å²) in [6, 6.07) is -0.992. The maximum atomic E-state index is 11.2. The minimum absolute atomic E-state index is 0.00546. The van der Waals surface area contributed by atoms with Gasteiger partial charge in [0.15, 0.2) is 0 Å². The van der Waals surface area contributed by atoms with E-state index in [9.17, 15) is 14.4 Å². The zero-order valence-electron chi connectivity index (χ0n) is 8.39. The van der Waals surface area contributed by atoms with Gasteiger partial charge in [-0.15, -0.1) is 0 Å². The van der Waals surface area contributed by atoms with Gasteiger partial charge < -0.3 is 15.2 Å². The van der Waals surface area contributed by atoms with E-state index >= 15 is 0 Å². The Hall–Kier alpha value is -1.08. The van der Waals surface area contributed by atoms with Crippen molar-refractivity contribution < 1.29 is 24.2 Å². The van der Waals surface area contributed by atoms with Gasteiger partial charge in [-0.1, -0.05) is 0 Å². The first-order valence-corrected chi connectivity index (χ1v) is 4.83. The molecule has 0 aromatic heterocycles. The average molecular weight is 235 g/mol. The van der Waals surface area contributed by atoms with Crippen molar-refractivity contribution in [1.29, 1.82) is 0 Å². The summed E-state index contributed by atoms with van der Waals surface area (Å²) >= 11 is 3.81. The van der Waals surface area contributed by atoms with Crippen LogP contribution in [0.25, 0.3) is 0 Å². The fourth-order valence-corrected chi connectivity index (χ4v) is 0.920. The lowest BCUT2D eigenvalue weighted by Crippen LogP contribution is -2.43. The molecule has 15 heavy (non-hydrogen) atoms. The lowest BCUT2D eigenvalue weighted by molar-refractivity contribution is -0.166. The van der Waals surface area contributed by atoms with Gasteiger partial charge in [-0.25, -0.2) is 9.59 Å². The molecule has 0 saturated carbocycles. The van der Waals surface area contributed by atoms with Crippen molar-refractivity contribution in [3.63, 3.8) is 0 Å². The number of carbonyl (C=O) groups is 3. The van der Waals surface area contributed by atoms with E-state index in [1.165, 1.54) is 13.8 Å². The summed E-state index contributed by atoms with van der Waals surface area (Å²) in [7, 11) is 0. The molecule has 0 aliphatic carbocycles. The van der Waals surface area contributed by atoms with Crippen molar-refractivity contribution in [2.45, 2.75) is 26.0 Å². The number of ether oxygens (including phenoxy) is 1. The standard InChI is InChI=1S/C8H13NO5S/c1-4(10)7(12)14-8(13)6(3-15)9-5(2)11/h4,6,10,15H,3H2,1-2H3,(H,9,11)/t4?,6-/m0/s1. The van der Waals surface area contributed by atoms with Gasteiger partial charge in [-0.2, -0.15) is 12.6 Å². The van der Waals surface area contributed by atoms with Gasteiger partial charge in [0.1, 0.15) is 12.1 Å². The summed E-state index contributed by atoms with van der Waals surface area (Å²) in [6.45, 7) is 2.39. The first kappa shape index (κ1) is 13.9. The van der Waals surface area contributed by atoms with Crippen molar-refractivity contribution in [1.82, 2.24) is 5.32 Å². The summed E-state index contributed by atoms with van der Waals surface area (Å²) in [4.78, 5) is 32.7. The second-order valence-corrected chi connectivity index (χ2v) is 3.22. The Balaban J connectivity index is 4.27. The van der Waals surface area contributed by atoms with Crippen LogP contribution in [0.1, 0.15) is 13.8 Å². The van der Waals surface area contributed by atoms with Crippen LogP contribution in [-0.4, -0.2) is 40.9 Å². The number of hydrogen-bond acceptors (Lipinski definition) is 6. The highest BCUT2D eigenvalue weighted by atomic mass is 32.1. The highest BCUT2D eigenvalue weighted by Gasteiger charge is 2.23. The molecule has 0 aliphatic heterocycles. The van der Waals surface area contributed by atoms with Crippen LogP contribution in [0.3, 0.4) is 0 Å². The molecule has 2 N–H and O–H groups in total. The van der Waals surface area contributed by atoms with E-state index in [0.717, 1.165) is 0 Å². The summed E-state index contributed by atoms with van der Waals surface area (Å²) in [5.74, 6) is -2.43. The Labute approximate surface area is 92.4 Å². The van der Waals surface area contributed by atoms with E-state index in [0.29, 0.717) is 0 Å². The van der Waals surface area contributed by atoms with Crippen molar-refractivity contribution in [2.24, 2.45) is 0 Å². The average Bonchev–Trinajstić information content (AvgIpc) is 2.13. The first-order chi connectivity index (χ1) is 6.88. The van der Waals surface area contributed by atoms with E-state index in [4.69, 9.17) is 5.11 Å². The highest BCUT2D eigenvalue weighted by Crippen LogP contribution is 1.95. The fraction of sp³-hybridized carbons (Fsp3) is 0.625. The van der Waals surface area contributed by atoms with Crippen LogP contribution in [0.15, 0.2) is 0 Å². The zero-order chi connectivity index (χ0) is 12.0. The number of amides is 1. The molecule has 0 spiro atoms. The Morgan fingerprint density at radius 3 is 2.27 bits per heavy atom. The first-order valence-electron chi connectivity index (χ1n) is 4.20. The lowest BCUT2D eigenvalue weighted by Gasteiger charge is -2.13. The summed E-state index contributed by atoms with van der Waals surface area (Å²) in [5, 5.41) is 11.0. The monoisotopic (exact) mass is 235 g/mol. The Morgan fingerprint density at radius 2 is 1.93 bits per heavy atom. The molecular formula is C8H13NO5S. The van der Waals surface area contributed by atoms with Gasteiger partial charge in [0.2, 0.25) is 5.91 Å². The molecule has 0 aromatic rings. The predicted molar refractivity (Wildman–Crippen MR) is 54.2 cm³/mol. The topological polar surface area (TPSA) is 92.7 Å². The molecule has 2 atom stereocenters. The predicted octanol–water partition coefficient (Wildman–Crippen LogP) is -1.13. The van der Waals surface area contributed by atoms with Gasteiger partial charge in [0.25, 0.3) is 0 Å². The third-order valence-electron chi connectivity index (χ3n) is 1.39. The highest BCUT2D eigenvalue weighted by molar-refractivity contribution is 7.80. The zero-order valence-corrected chi connectivity index (χ0v) is 9.28. The van der Waals surface area contributed by atoms with Crippen LogP contribution < -0.4 is 5.32 Å². The molecule has 0 aliphatic rings. The number of hydrogen-bond donors (Lipinski definition) is 3. The molecule has 1 unspecified atom stereocenters. The fourth-order valence-electron chi connectivity index (χ4n) is 0.680. The molecule has 0 bridgehead atoms. The van der Waals surface area contributed by atoms with Crippen LogP contribution in [0, 0.1) is 0 Å². The number of aliphatic hydroxyl groups is 1. The number of esters is 2. The van der Waals surface area contributed by atoms with E-state index < -0.39 is 30.0 Å². The smallest absolute Gasteiger partial charge is 0.342 e. The maximum absolute atomic E-state index is 11.2. The molecule has 1 amide bonds. The second kappa shape index (κ2) is 6.41. The van der Waals surface area contributed by atoms with E-state index in [1.807, 2.05) is 0 Å². The third kappa shape index (κ3) is 5.38. The molecule has 0 fully saturated rings. The minimum Gasteiger partial charge on any atom is -0.390 e.